The molecule has 2 unspecified atom stereocenters. The second-order valence-electron chi connectivity index (χ2n) is 4.58. The Morgan fingerprint density at radius 2 is 1.79 bits per heavy atom. The zero-order chi connectivity index (χ0) is 10.1. The van der Waals surface area contributed by atoms with Gasteiger partial charge in [-0.25, -0.2) is 0 Å². The molecule has 0 aromatic rings. The van der Waals surface area contributed by atoms with Crippen molar-refractivity contribution in [3.63, 3.8) is 0 Å². The molecule has 0 aliphatic carbocycles. The van der Waals surface area contributed by atoms with Gasteiger partial charge in [-0.1, -0.05) is 6.42 Å². The molecule has 4 N–H and O–H groups in total. The number of piperidine rings is 2. The van der Waals surface area contributed by atoms with E-state index in [4.69, 9.17) is 11.5 Å². The maximum Gasteiger partial charge on any atom is 0.186 e. The van der Waals surface area contributed by atoms with Crippen molar-refractivity contribution in [2.75, 3.05) is 7.05 Å². The van der Waals surface area contributed by atoms with Crippen LogP contribution >= 0.6 is 0 Å². The first-order valence-corrected chi connectivity index (χ1v) is 5.47. The van der Waals surface area contributed by atoms with Crippen LogP contribution in [0.3, 0.4) is 0 Å². The van der Waals surface area contributed by atoms with Crippen LogP contribution in [0.25, 0.3) is 0 Å². The van der Waals surface area contributed by atoms with E-state index in [-0.39, 0.29) is 5.96 Å². The summed E-state index contributed by atoms with van der Waals surface area (Å²) in [6.45, 7) is 0. The van der Waals surface area contributed by atoms with Crippen LogP contribution in [0, 0.1) is 0 Å². The predicted molar refractivity (Wildman–Crippen MR) is 58.0 cm³/mol. The van der Waals surface area contributed by atoms with E-state index in [1.54, 1.807) is 0 Å². The summed E-state index contributed by atoms with van der Waals surface area (Å²) in [5.74, 6) is 0.248. The van der Waals surface area contributed by atoms with E-state index in [0.29, 0.717) is 18.1 Å². The van der Waals surface area contributed by atoms with Crippen LogP contribution in [0.15, 0.2) is 4.99 Å². The van der Waals surface area contributed by atoms with E-state index in [9.17, 15) is 0 Å². The van der Waals surface area contributed by atoms with E-state index in [2.05, 4.69) is 16.9 Å². The minimum Gasteiger partial charge on any atom is -0.370 e. The third kappa shape index (κ3) is 1.85. The van der Waals surface area contributed by atoms with Gasteiger partial charge in [0.1, 0.15) is 0 Å². The summed E-state index contributed by atoms with van der Waals surface area (Å²) in [6, 6.07) is 1.78. The van der Waals surface area contributed by atoms with Gasteiger partial charge in [-0.3, -0.25) is 4.99 Å². The van der Waals surface area contributed by atoms with E-state index >= 15 is 0 Å². The van der Waals surface area contributed by atoms with Crippen molar-refractivity contribution in [3.05, 3.63) is 0 Å². The van der Waals surface area contributed by atoms with Crippen LogP contribution < -0.4 is 11.5 Å². The lowest BCUT2D eigenvalue weighted by Crippen LogP contribution is -2.51. The molecule has 0 radical (unpaired) electrons. The van der Waals surface area contributed by atoms with Crippen molar-refractivity contribution in [1.29, 1.82) is 0 Å². The lowest BCUT2D eigenvalue weighted by Gasteiger charge is -2.46. The summed E-state index contributed by atoms with van der Waals surface area (Å²) < 4.78 is 0. The first kappa shape index (κ1) is 9.77. The van der Waals surface area contributed by atoms with Gasteiger partial charge in [0.2, 0.25) is 0 Å². The van der Waals surface area contributed by atoms with E-state index in [1.807, 2.05) is 0 Å². The van der Waals surface area contributed by atoms with Crippen molar-refractivity contribution < 1.29 is 0 Å². The minimum atomic E-state index is 0.248. The molecular formula is C10H20N4. The molecule has 0 spiro atoms. The Bertz CT molecular complexity index is 220. The second-order valence-corrected chi connectivity index (χ2v) is 4.58. The standard InChI is InChI=1S/C10H20N4/c1-14-8-3-2-4-9(14)6-7(5-8)13-10(11)12/h7-9H,2-6H2,1H3,(H4,11,12,13). The van der Waals surface area contributed by atoms with E-state index < -0.39 is 0 Å². The topological polar surface area (TPSA) is 67.6 Å². The van der Waals surface area contributed by atoms with Crippen LogP contribution in [0.5, 0.6) is 0 Å². The molecule has 4 nitrogen and oxygen atoms in total. The average molecular weight is 196 g/mol. The van der Waals surface area contributed by atoms with Gasteiger partial charge in [0.15, 0.2) is 5.96 Å². The number of aliphatic imine (C=N–C) groups is 1. The van der Waals surface area contributed by atoms with Gasteiger partial charge in [0, 0.05) is 12.1 Å². The largest absolute Gasteiger partial charge is 0.370 e. The summed E-state index contributed by atoms with van der Waals surface area (Å²) >= 11 is 0. The highest BCUT2D eigenvalue weighted by atomic mass is 15.2. The van der Waals surface area contributed by atoms with E-state index in [1.165, 1.54) is 19.3 Å². The number of nitrogens with two attached hydrogens (primary N) is 2. The first-order valence-electron chi connectivity index (χ1n) is 5.47. The summed E-state index contributed by atoms with van der Waals surface area (Å²) in [6.07, 6.45) is 6.25. The Balaban J connectivity index is 2.04. The summed E-state index contributed by atoms with van der Waals surface area (Å²) in [4.78, 5) is 6.81. The SMILES string of the molecule is CN1C2CCCC1CC(N=C(N)N)C2. The number of nitrogens with zero attached hydrogens (tertiary/aromatic N) is 2. The van der Waals surface area contributed by atoms with Gasteiger partial charge in [-0.2, -0.15) is 0 Å². The highest BCUT2D eigenvalue weighted by Crippen LogP contribution is 2.33. The monoisotopic (exact) mass is 196 g/mol. The van der Waals surface area contributed by atoms with Crippen molar-refractivity contribution in [1.82, 2.24) is 4.90 Å². The molecule has 0 aromatic carbocycles. The molecule has 80 valence electrons. The second kappa shape index (κ2) is 3.77. The number of hydrogen-bond donors (Lipinski definition) is 2. The van der Waals surface area contributed by atoms with Crippen LogP contribution in [0.2, 0.25) is 0 Å². The van der Waals surface area contributed by atoms with Crippen LogP contribution in [0.4, 0.5) is 0 Å². The molecule has 2 heterocycles. The lowest BCUT2D eigenvalue weighted by molar-refractivity contribution is 0.0574. The lowest BCUT2D eigenvalue weighted by atomic mass is 9.82. The zero-order valence-corrected chi connectivity index (χ0v) is 8.82. The van der Waals surface area contributed by atoms with Crippen molar-refractivity contribution in [2.24, 2.45) is 16.5 Å². The van der Waals surface area contributed by atoms with Crippen molar-refractivity contribution in [3.8, 4) is 0 Å². The van der Waals surface area contributed by atoms with Gasteiger partial charge in [0.05, 0.1) is 6.04 Å². The van der Waals surface area contributed by atoms with Crippen LogP contribution in [-0.2, 0) is 0 Å². The average Bonchev–Trinajstić information content (AvgIpc) is 2.05. The van der Waals surface area contributed by atoms with Crippen molar-refractivity contribution >= 4 is 5.96 Å². The quantitative estimate of drug-likeness (QED) is 0.467. The summed E-state index contributed by atoms with van der Waals surface area (Å²) in [5, 5.41) is 0. The first-order chi connectivity index (χ1) is 6.66. The molecule has 2 rings (SSSR count). The van der Waals surface area contributed by atoms with Gasteiger partial charge in [-0.15, -0.1) is 0 Å². The summed E-state index contributed by atoms with van der Waals surface area (Å²) in [7, 11) is 2.24. The van der Waals surface area contributed by atoms with Gasteiger partial charge in [-0.05, 0) is 32.7 Å². The smallest absolute Gasteiger partial charge is 0.186 e. The highest BCUT2D eigenvalue weighted by molar-refractivity contribution is 5.75. The Labute approximate surface area is 85.3 Å². The number of fused-ring (bicyclic) bond motifs is 2. The molecule has 2 fully saturated rings. The third-order valence-corrected chi connectivity index (χ3v) is 3.65. The summed E-state index contributed by atoms with van der Waals surface area (Å²) in [5.41, 5.74) is 10.8. The van der Waals surface area contributed by atoms with Gasteiger partial charge >= 0.3 is 0 Å². The molecule has 2 bridgehead atoms. The molecule has 2 aliphatic rings. The van der Waals surface area contributed by atoms with E-state index in [0.717, 1.165) is 12.8 Å². The fourth-order valence-electron chi connectivity index (χ4n) is 2.90. The normalized spacial score (nSPS) is 37.9. The molecule has 14 heavy (non-hydrogen) atoms. The maximum absolute atomic E-state index is 5.42. The third-order valence-electron chi connectivity index (χ3n) is 3.65. The van der Waals surface area contributed by atoms with Crippen LogP contribution in [0.1, 0.15) is 32.1 Å². The molecule has 2 atom stereocenters. The minimum absolute atomic E-state index is 0.248. The molecule has 0 saturated carbocycles. The van der Waals surface area contributed by atoms with Gasteiger partial charge in [0.25, 0.3) is 0 Å². The Hall–Kier alpha value is -0.770. The molecule has 0 aromatic heterocycles. The molecule has 2 aliphatic heterocycles. The Morgan fingerprint density at radius 1 is 1.21 bits per heavy atom. The van der Waals surface area contributed by atoms with Crippen molar-refractivity contribution in [2.45, 2.75) is 50.2 Å². The number of hydrogen-bond acceptors (Lipinski definition) is 2. The maximum atomic E-state index is 5.42. The fourth-order valence-corrected chi connectivity index (χ4v) is 2.90. The molecule has 2 saturated heterocycles. The molecule has 4 heteroatoms. The Morgan fingerprint density at radius 3 is 2.29 bits per heavy atom. The zero-order valence-electron chi connectivity index (χ0n) is 8.82. The predicted octanol–water partition coefficient (Wildman–Crippen LogP) is 0.275. The fraction of sp³-hybridized carbons (Fsp3) is 0.900. The number of rotatable bonds is 1. The van der Waals surface area contributed by atoms with Gasteiger partial charge < -0.3 is 16.4 Å². The highest BCUT2D eigenvalue weighted by Gasteiger charge is 2.35. The molecule has 0 amide bonds. The van der Waals surface area contributed by atoms with Crippen LogP contribution in [-0.4, -0.2) is 36.0 Å². The number of guanidine groups is 1. The molecular weight excluding hydrogens is 176 g/mol. The Kier molecular flexibility index (Phi) is 2.63.